The first kappa shape index (κ1) is 13.8. The SMILES string of the molecule is CNc1ccsc1C(=O)Nc1nc(-c2ccccc2)cs1. The van der Waals surface area contributed by atoms with E-state index in [1.54, 1.807) is 7.05 Å². The molecule has 3 aromatic rings. The number of nitrogens with zero attached hydrogens (tertiary/aromatic N) is 1. The van der Waals surface area contributed by atoms with Crippen LogP contribution < -0.4 is 10.6 Å². The van der Waals surface area contributed by atoms with E-state index in [1.807, 2.05) is 47.2 Å². The average Bonchev–Trinajstić information content (AvgIpc) is 3.16. The summed E-state index contributed by atoms with van der Waals surface area (Å²) >= 11 is 2.83. The number of thiophene rings is 1. The summed E-state index contributed by atoms with van der Waals surface area (Å²) in [7, 11) is 1.80. The van der Waals surface area contributed by atoms with E-state index >= 15 is 0 Å². The van der Waals surface area contributed by atoms with E-state index in [0.29, 0.717) is 10.0 Å². The van der Waals surface area contributed by atoms with E-state index in [9.17, 15) is 4.79 Å². The third kappa shape index (κ3) is 2.96. The molecule has 1 amide bonds. The van der Waals surface area contributed by atoms with E-state index < -0.39 is 0 Å². The molecular formula is C15H13N3OS2. The van der Waals surface area contributed by atoms with Crippen LogP contribution in [0.5, 0.6) is 0 Å². The van der Waals surface area contributed by atoms with Gasteiger partial charge in [-0.15, -0.1) is 22.7 Å². The third-order valence-corrected chi connectivity index (χ3v) is 4.61. The van der Waals surface area contributed by atoms with Crippen LogP contribution in [0.15, 0.2) is 47.2 Å². The molecule has 4 nitrogen and oxygen atoms in total. The van der Waals surface area contributed by atoms with Gasteiger partial charge in [-0.1, -0.05) is 30.3 Å². The zero-order valence-electron chi connectivity index (χ0n) is 11.3. The van der Waals surface area contributed by atoms with Gasteiger partial charge in [-0.2, -0.15) is 0 Å². The maximum atomic E-state index is 12.2. The molecule has 0 aliphatic rings. The van der Waals surface area contributed by atoms with E-state index in [-0.39, 0.29) is 5.91 Å². The van der Waals surface area contributed by atoms with E-state index in [2.05, 4.69) is 15.6 Å². The normalized spacial score (nSPS) is 10.3. The van der Waals surface area contributed by atoms with Gasteiger partial charge in [-0.25, -0.2) is 4.98 Å². The lowest BCUT2D eigenvalue weighted by atomic mass is 10.2. The molecule has 3 rings (SSSR count). The van der Waals surface area contributed by atoms with E-state index in [4.69, 9.17) is 0 Å². The monoisotopic (exact) mass is 315 g/mol. The Morgan fingerprint density at radius 1 is 1.14 bits per heavy atom. The fraction of sp³-hybridized carbons (Fsp3) is 0.0667. The van der Waals surface area contributed by atoms with Gasteiger partial charge in [0.25, 0.3) is 5.91 Å². The molecule has 0 unspecified atom stereocenters. The summed E-state index contributed by atoms with van der Waals surface area (Å²) in [5, 5.41) is 10.3. The quantitative estimate of drug-likeness (QED) is 0.760. The lowest BCUT2D eigenvalue weighted by Crippen LogP contribution is -2.11. The Kier molecular flexibility index (Phi) is 3.98. The minimum Gasteiger partial charge on any atom is -0.387 e. The summed E-state index contributed by atoms with van der Waals surface area (Å²) in [6, 6.07) is 11.8. The van der Waals surface area contributed by atoms with Gasteiger partial charge in [0, 0.05) is 18.0 Å². The number of nitrogens with one attached hydrogen (secondary N) is 2. The number of hydrogen-bond acceptors (Lipinski definition) is 5. The molecule has 0 radical (unpaired) electrons. The number of benzene rings is 1. The molecule has 21 heavy (non-hydrogen) atoms. The standard InChI is InChI=1S/C15H13N3OS2/c1-16-11-7-8-20-13(11)14(19)18-15-17-12(9-21-15)10-5-3-2-4-6-10/h2-9,16H,1H3,(H,17,18,19). The molecule has 0 saturated carbocycles. The Bertz CT molecular complexity index is 749. The van der Waals surface area contributed by atoms with Crippen LogP contribution in [-0.2, 0) is 0 Å². The van der Waals surface area contributed by atoms with Crippen LogP contribution in [0.2, 0.25) is 0 Å². The first-order valence-corrected chi connectivity index (χ1v) is 8.11. The Hall–Kier alpha value is -2.18. The summed E-state index contributed by atoms with van der Waals surface area (Å²) in [6.07, 6.45) is 0. The number of anilines is 2. The lowest BCUT2D eigenvalue weighted by molar-refractivity contribution is 0.103. The highest BCUT2D eigenvalue weighted by molar-refractivity contribution is 7.15. The second-order valence-electron chi connectivity index (χ2n) is 4.27. The number of carbonyl (C=O) groups excluding carboxylic acids is 1. The molecule has 0 fully saturated rings. The number of carbonyl (C=O) groups is 1. The highest BCUT2D eigenvalue weighted by Gasteiger charge is 2.14. The van der Waals surface area contributed by atoms with Crippen molar-refractivity contribution in [2.45, 2.75) is 0 Å². The van der Waals surface area contributed by atoms with Gasteiger partial charge in [0.05, 0.1) is 11.4 Å². The van der Waals surface area contributed by atoms with Gasteiger partial charge in [0.15, 0.2) is 5.13 Å². The lowest BCUT2D eigenvalue weighted by Gasteiger charge is -2.02. The molecule has 1 aromatic carbocycles. The van der Waals surface area contributed by atoms with Crippen molar-refractivity contribution in [3.05, 3.63) is 52.0 Å². The smallest absolute Gasteiger partial charge is 0.269 e. The van der Waals surface area contributed by atoms with Crippen LogP contribution in [0.25, 0.3) is 11.3 Å². The highest BCUT2D eigenvalue weighted by atomic mass is 32.1. The number of aromatic nitrogens is 1. The molecule has 6 heteroatoms. The highest BCUT2D eigenvalue weighted by Crippen LogP contribution is 2.27. The summed E-state index contributed by atoms with van der Waals surface area (Å²) in [4.78, 5) is 17.3. The zero-order valence-corrected chi connectivity index (χ0v) is 12.9. The van der Waals surface area contributed by atoms with Gasteiger partial charge in [-0.05, 0) is 11.4 Å². The van der Waals surface area contributed by atoms with Crippen molar-refractivity contribution >= 4 is 39.4 Å². The Balaban J connectivity index is 1.77. The first-order chi connectivity index (χ1) is 10.3. The minimum atomic E-state index is -0.136. The third-order valence-electron chi connectivity index (χ3n) is 2.93. The van der Waals surface area contributed by atoms with Crippen LogP contribution in [-0.4, -0.2) is 17.9 Å². The second-order valence-corrected chi connectivity index (χ2v) is 6.05. The predicted octanol–water partition coefficient (Wildman–Crippen LogP) is 4.17. The predicted molar refractivity (Wildman–Crippen MR) is 89.4 cm³/mol. The Morgan fingerprint density at radius 3 is 2.71 bits per heavy atom. The fourth-order valence-corrected chi connectivity index (χ4v) is 3.42. The van der Waals surface area contributed by atoms with Gasteiger partial charge in [-0.3, -0.25) is 10.1 Å². The molecule has 0 aliphatic heterocycles. The van der Waals surface area contributed by atoms with Crippen LogP contribution in [0.4, 0.5) is 10.8 Å². The average molecular weight is 315 g/mol. The zero-order chi connectivity index (χ0) is 14.7. The maximum absolute atomic E-state index is 12.2. The Labute approximate surface area is 130 Å². The maximum Gasteiger partial charge on any atom is 0.269 e. The number of thiazole rings is 1. The van der Waals surface area contributed by atoms with Gasteiger partial charge >= 0.3 is 0 Å². The summed E-state index contributed by atoms with van der Waals surface area (Å²) < 4.78 is 0. The second kappa shape index (κ2) is 6.07. The summed E-state index contributed by atoms with van der Waals surface area (Å²) in [5.74, 6) is -0.136. The van der Waals surface area contributed by atoms with Crippen molar-refractivity contribution in [2.24, 2.45) is 0 Å². The summed E-state index contributed by atoms with van der Waals surface area (Å²) in [5.41, 5.74) is 2.74. The molecule has 0 aliphatic carbocycles. The molecule has 106 valence electrons. The molecule has 0 spiro atoms. The van der Waals surface area contributed by atoms with Crippen molar-refractivity contribution < 1.29 is 4.79 Å². The van der Waals surface area contributed by atoms with Crippen molar-refractivity contribution in [1.82, 2.24) is 4.98 Å². The largest absolute Gasteiger partial charge is 0.387 e. The van der Waals surface area contributed by atoms with E-state index in [1.165, 1.54) is 22.7 Å². The molecule has 2 heterocycles. The van der Waals surface area contributed by atoms with Crippen LogP contribution >= 0.6 is 22.7 Å². The van der Waals surface area contributed by atoms with Gasteiger partial charge in [0.1, 0.15) is 4.88 Å². The Morgan fingerprint density at radius 2 is 1.95 bits per heavy atom. The first-order valence-electron chi connectivity index (χ1n) is 6.35. The molecular weight excluding hydrogens is 302 g/mol. The van der Waals surface area contributed by atoms with Crippen molar-refractivity contribution in [3.63, 3.8) is 0 Å². The van der Waals surface area contributed by atoms with Crippen LogP contribution in [0, 0.1) is 0 Å². The molecule has 0 bridgehead atoms. The number of amides is 1. The molecule has 0 saturated heterocycles. The molecule has 0 atom stereocenters. The van der Waals surface area contributed by atoms with Gasteiger partial charge in [0.2, 0.25) is 0 Å². The topological polar surface area (TPSA) is 54.0 Å². The van der Waals surface area contributed by atoms with Crippen molar-refractivity contribution in [2.75, 3.05) is 17.7 Å². The minimum absolute atomic E-state index is 0.136. The summed E-state index contributed by atoms with van der Waals surface area (Å²) in [6.45, 7) is 0. The van der Waals surface area contributed by atoms with E-state index in [0.717, 1.165) is 16.9 Å². The van der Waals surface area contributed by atoms with Crippen LogP contribution in [0.1, 0.15) is 9.67 Å². The number of hydrogen-bond donors (Lipinski definition) is 2. The van der Waals surface area contributed by atoms with Gasteiger partial charge < -0.3 is 5.32 Å². The molecule has 2 N–H and O–H groups in total. The number of rotatable bonds is 4. The fourth-order valence-electron chi connectivity index (χ4n) is 1.91. The van der Waals surface area contributed by atoms with Crippen LogP contribution in [0.3, 0.4) is 0 Å². The van der Waals surface area contributed by atoms with Crippen molar-refractivity contribution in [3.8, 4) is 11.3 Å². The molecule has 2 aromatic heterocycles. The van der Waals surface area contributed by atoms with Crippen molar-refractivity contribution in [1.29, 1.82) is 0 Å².